The molecular weight excluding hydrogens is 231 g/mol. The molecule has 0 atom stereocenters. The SMILES string of the molecule is O=C(c1cncc(F)c1)c1ccc2c(c1)CNC2. The van der Waals surface area contributed by atoms with Gasteiger partial charge in [-0.2, -0.15) is 0 Å². The second-order valence-corrected chi connectivity index (χ2v) is 4.31. The number of pyridine rings is 1. The molecule has 0 unspecified atom stereocenters. The highest BCUT2D eigenvalue weighted by Crippen LogP contribution is 2.19. The van der Waals surface area contributed by atoms with E-state index in [4.69, 9.17) is 0 Å². The highest BCUT2D eigenvalue weighted by molar-refractivity contribution is 6.08. The smallest absolute Gasteiger partial charge is 0.194 e. The minimum Gasteiger partial charge on any atom is -0.309 e. The molecule has 0 fully saturated rings. The first kappa shape index (κ1) is 11.0. The Morgan fingerprint density at radius 3 is 2.78 bits per heavy atom. The third kappa shape index (κ3) is 1.91. The van der Waals surface area contributed by atoms with Crippen LogP contribution in [0.25, 0.3) is 0 Å². The van der Waals surface area contributed by atoms with Crippen molar-refractivity contribution in [1.29, 1.82) is 0 Å². The van der Waals surface area contributed by atoms with Gasteiger partial charge in [-0.3, -0.25) is 9.78 Å². The fourth-order valence-corrected chi connectivity index (χ4v) is 2.14. The number of hydrogen-bond acceptors (Lipinski definition) is 3. The van der Waals surface area contributed by atoms with E-state index in [1.807, 2.05) is 12.1 Å². The predicted molar refractivity (Wildman–Crippen MR) is 64.6 cm³/mol. The summed E-state index contributed by atoms with van der Waals surface area (Å²) in [6, 6.07) is 6.79. The average Bonchev–Trinajstić information content (AvgIpc) is 2.85. The molecule has 0 saturated carbocycles. The average molecular weight is 242 g/mol. The number of halogens is 1. The summed E-state index contributed by atoms with van der Waals surface area (Å²) in [5.74, 6) is -0.694. The number of rotatable bonds is 2. The van der Waals surface area contributed by atoms with E-state index in [0.717, 1.165) is 24.8 Å². The Hall–Kier alpha value is -2.07. The van der Waals surface area contributed by atoms with Gasteiger partial charge in [0.05, 0.1) is 6.20 Å². The summed E-state index contributed by atoms with van der Waals surface area (Å²) in [5, 5.41) is 3.22. The third-order valence-corrected chi connectivity index (χ3v) is 3.07. The van der Waals surface area contributed by atoms with Gasteiger partial charge in [0.15, 0.2) is 5.78 Å². The largest absolute Gasteiger partial charge is 0.309 e. The number of ketones is 1. The van der Waals surface area contributed by atoms with Crippen LogP contribution in [-0.4, -0.2) is 10.8 Å². The topological polar surface area (TPSA) is 42.0 Å². The summed E-state index contributed by atoms with van der Waals surface area (Å²) in [7, 11) is 0. The first-order valence-corrected chi connectivity index (χ1v) is 5.72. The van der Waals surface area contributed by atoms with E-state index in [2.05, 4.69) is 10.3 Å². The Morgan fingerprint density at radius 1 is 1.11 bits per heavy atom. The number of nitrogens with one attached hydrogen (secondary N) is 1. The minimum atomic E-state index is -0.497. The van der Waals surface area contributed by atoms with Crippen LogP contribution in [0.2, 0.25) is 0 Å². The van der Waals surface area contributed by atoms with Crippen molar-refractivity contribution < 1.29 is 9.18 Å². The molecule has 1 N–H and O–H groups in total. The maximum absolute atomic E-state index is 13.0. The first-order chi connectivity index (χ1) is 8.74. The van der Waals surface area contributed by atoms with E-state index in [0.29, 0.717) is 5.56 Å². The van der Waals surface area contributed by atoms with Crippen LogP contribution in [0.3, 0.4) is 0 Å². The molecule has 1 aliphatic rings. The summed E-state index contributed by atoms with van der Waals surface area (Å²) < 4.78 is 13.0. The van der Waals surface area contributed by atoms with Crippen LogP contribution in [0.15, 0.2) is 36.7 Å². The maximum atomic E-state index is 13.0. The van der Waals surface area contributed by atoms with Crippen LogP contribution >= 0.6 is 0 Å². The van der Waals surface area contributed by atoms with Crippen LogP contribution in [0, 0.1) is 5.82 Å². The summed E-state index contributed by atoms with van der Waals surface area (Å²) in [6.45, 7) is 1.61. The van der Waals surface area contributed by atoms with Gasteiger partial charge in [0.2, 0.25) is 0 Å². The zero-order chi connectivity index (χ0) is 12.5. The molecule has 4 heteroatoms. The van der Waals surface area contributed by atoms with Gasteiger partial charge in [0.1, 0.15) is 5.82 Å². The van der Waals surface area contributed by atoms with Gasteiger partial charge in [-0.15, -0.1) is 0 Å². The molecule has 0 bridgehead atoms. The second kappa shape index (κ2) is 4.31. The Morgan fingerprint density at radius 2 is 1.94 bits per heavy atom. The van der Waals surface area contributed by atoms with Crippen molar-refractivity contribution in [3.63, 3.8) is 0 Å². The molecule has 18 heavy (non-hydrogen) atoms. The van der Waals surface area contributed by atoms with E-state index in [9.17, 15) is 9.18 Å². The summed E-state index contributed by atoms with van der Waals surface area (Å²) in [5.41, 5.74) is 3.19. The molecule has 90 valence electrons. The van der Waals surface area contributed by atoms with E-state index >= 15 is 0 Å². The normalized spacial score (nSPS) is 13.4. The number of carbonyl (C=O) groups is 1. The van der Waals surface area contributed by atoms with Crippen molar-refractivity contribution in [2.45, 2.75) is 13.1 Å². The van der Waals surface area contributed by atoms with Crippen molar-refractivity contribution in [2.24, 2.45) is 0 Å². The van der Waals surface area contributed by atoms with Gasteiger partial charge >= 0.3 is 0 Å². The molecule has 0 spiro atoms. The summed E-state index contributed by atoms with van der Waals surface area (Å²) >= 11 is 0. The zero-order valence-corrected chi connectivity index (χ0v) is 9.61. The van der Waals surface area contributed by atoms with Gasteiger partial charge in [0.25, 0.3) is 0 Å². The molecule has 1 aromatic carbocycles. The molecule has 0 aliphatic carbocycles. The van der Waals surface area contributed by atoms with Gasteiger partial charge in [-0.1, -0.05) is 12.1 Å². The lowest BCUT2D eigenvalue weighted by atomic mass is 10.0. The predicted octanol–water partition coefficient (Wildman–Crippen LogP) is 2.05. The monoisotopic (exact) mass is 242 g/mol. The Bertz CT molecular complexity index is 625. The molecule has 2 aromatic rings. The quantitative estimate of drug-likeness (QED) is 0.819. The van der Waals surface area contributed by atoms with Crippen molar-refractivity contribution in [3.8, 4) is 0 Å². The molecule has 0 radical (unpaired) electrons. The highest BCUT2D eigenvalue weighted by Gasteiger charge is 2.15. The second-order valence-electron chi connectivity index (χ2n) is 4.31. The lowest BCUT2D eigenvalue weighted by molar-refractivity contribution is 0.103. The van der Waals surface area contributed by atoms with E-state index in [1.165, 1.54) is 17.8 Å². The van der Waals surface area contributed by atoms with Crippen LogP contribution in [0.4, 0.5) is 4.39 Å². The van der Waals surface area contributed by atoms with Gasteiger partial charge < -0.3 is 5.32 Å². The molecule has 0 amide bonds. The molecular formula is C14H11FN2O. The fraction of sp³-hybridized carbons (Fsp3) is 0.143. The Balaban J connectivity index is 1.98. The molecule has 2 heterocycles. The van der Waals surface area contributed by atoms with Crippen molar-refractivity contribution in [2.75, 3.05) is 0 Å². The third-order valence-electron chi connectivity index (χ3n) is 3.07. The number of benzene rings is 1. The van der Waals surface area contributed by atoms with Crippen molar-refractivity contribution in [1.82, 2.24) is 10.3 Å². The molecule has 3 rings (SSSR count). The maximum Gasteiger partial charge on any atom is 0.194 e. The molecule has 0 saturated heterocycles. The highest BCUT2D eigenvalue weighted by atomic mass is 19.1. The Kier molecular flexibility index (Phi) is 2.64. The summed E-state index contributed by atoms with van der Waals surface area (Å²) in [6.07, 6.45) is 2.47. The number of carbonyl (C=O) groups excluding carboxylic acids is 1. The number of hydrogen-bond donors (Lipinski definition) is 1. The van der Waals surface area contributed by atoms with Crippen LogP contribution in [0.5, 0.6) is 0 Å². The molecule has 1 aliphatic heterocycles. The minimum absolute atomic E-state index is 0.197. The van der Waals surface area contributed by atoms with Crippen molar-refractivity contribution >= 4 is 5.78 Å². The fourth-order valence-electron chi connectivity index (χ4n) is 2.14. The van der Waals surface area contributed by atoms with Crippen LogP contribution < -0.4 is 5.32 Å². The van der Waals surface area contributed by atoms with Gasteiger partial charge in [-0.05, 0) is 23.3 Å². The molecule has 3 nitrogen and oxygen atoms in total. The number of aromatic nitrogens is 1. The first-order valence-electron chi connectivity index (χ1n) is 5.72. The lowest BCUT2D eigenvalue weighted by Crippen LogP contribution is -2.03. The summed E-state index contributed by atoms with van der Waals surface area (Å²) in [4.78, 5) is 15.9. The van der Waals surface area contributed by atoms with Crippen molar-refractivity contribution in [3.05, 3.63) is 64.7 Å². The van der Waals surface area contributed by atoms with Crippen LogP contribution in [0.1, 0.15) is 27.0 Å². The van der Waals surface area contributed by atoms with Crippen LogP contribution in [-0.2, 0) is 13.1 Å². The van der Waals surface area contributed by atoms with E-state index in [-0.39, 0.29) is 11.3 Å². The molecule has 1 aromatic heterocycles. The number of nitrogens with zero attached hydrogens (tertiary/aromatic N) is 1. The van der Waals surface area contributed by atoms with Gasteiger partial charge in [0, 0.05) is 30.4 Å². The van der Waals surface area contributed by atoms with E-state index in [1.54, 1.807) is 6.07 Å². The zero-order valence-electron chi connectivity index (χ0n) is 9.61. The van der Waals surface area contributed by atoms with Gasteiger partial charge in [-0.25, -0.2) is 4.39 Å². The lowest BCUT2D eigenvalue weighted by Gasteiger charge is -2.03. The standard InChI is InChI=1S/C14H11FN2O/c15-13-4-12(7-17-8-13)14(18)9-1-2-10-5-16-6-11(10)3-9/h1-4,7-8,16H,5-6H2. The number of fused-ring (bicyclic) bond motifs is 1. The van der Waals surface area contributed by atoms with E-state index < -0.39 is 5.82 Å². The Labute approximate surface area is 104 Å².